The first-order chi connectivity index (χ1) is 11.7. The molecule has 0 aliphatic heterocycles. The van der Waals surface area contributed by atoms with E-state index >= 15 is 0 Å². The molecule has 0 saturated carbocycles. The second-order valence-electron chi connectivity index (χ2n) is 5.62. The zero-order chi connectivity index (χ0) is 16.5. The summed E-state index contributed by atoms with van der Waals surface area (Å²) in [4.78, 5) is 5.79. The van der Waals surface area contributed by atoms with E-state index in [1.165, 1.54) is 10.4 Å². The van der Waals surface area contributed by atoms with Gasteiger partial charge in [0, 0.05) is 15.5 Å². The number of aryl methyl sites for hydroxylation is 1. The van der Waals surface area contributed by atoms with Gasteiger partial charge in [0.15, 0.2) is 0 Å². The van der Waals surface area contributed by atoms with Crippen molar-refractivity contribution in [2.24, 2.45) is 4.99 Å². The maximum Gasteiger partial charge on any atom is 0.145 e. The van der Waals surface area contributed by atoms with E-state index in [0.29, 0.717) is 10.8 Å². The predicted molar refractivity (Wildman–Crippen MR) is 97.5 cm³/mol. The average molecular weight is 353 g/mol. The van der Waals surface area contributed by atoms with Crippen LogP contribution in [0, 0.1) is 11.3 Å². The number of hydrogen-bond acceptors (Lipinski definition) is 4. The van der Waals surface area contributed by atoms with Crippen LogP contribution in [0.2, 0.25) is 5.02 Å². The number of benzene rings is 1. The Hall–Kier alpha value is -2.35. The van der Waals surface area contributed by atoms with E-state index in [0.717, 1.165) is 41.2 Å². The van der Waals surface area contributed by atoms with Crippen LogP contribution >= 0.6 is 22.9 Å². The van der Waals surface area contributed by atoms with Crippen LogP contribution in [0.3, 0.4) is 0 Å². The standard InChI is InChI=1S/C19H13ClN2OS/c20-13-6-4-12(5-7-13)17-9-8-14(23-17)11-22-19-16(10-21)15-2-1-3-18(15)24-19/h4-9,11H,1-3H2. The van der Waals surface area contributed by atoms with E-state index in [-0.39, 0.29) is 0 Å². The Balaban J connectivity index is 1.59. The summed E-state index contributed by atoms with van der Waals surface area (Å²) in [7, 11) is 0. The third-order valence-electron chi connectivity index (χ3n) is 4.08. The molecule has 2 heterocycles. The molecule has 5 heteroatoms. The zero-order valence-electron chi connectivity index (χ0n) is 12.8. The topological polar surface area (TPSA) is 49.3 Å². The van der Waals surface area contributed by atoms with Gasteiger partial charge in [-0.2, -0.15) is 5.26 Å². The first-order valence-corrected chi connectivity index (χ1v) is 8.88. The second-order valence-corrected chi connectivity index (χ2v) is 7.14. The van der Waals surface area contributed by atoms with E-state index < -0.39 is 0 Å². The lowest BCUT2D eigenvalue weighted by molar-refractivity contribution is 0.575. The number of halogens is 1. The fourth-order valence-corrected chi connectivity index (χ4v) is 4.22. The molecule has 0 fully saturated rings. The van der Waals surface area contributed by atoms with E-state index in [1.54, 1.807) is 17.6 Å². The molecule has 3 aromatic rings. The van der Waals surface area contributed by atoms with Crippen LogP contribution in [-0.4, -0.2) is 6.21 Å². The van der Waals surface area contributed by atoms with Gasteiger partial charge < -0.3 is 4.42 Å². The lowest BCUT2D eigenvalue weighted by atomic mass is 10.1. The highest BCUT2D eigenvalue weighted by Crippen LogP contribution is 2.40. The highest BCUT2D eigenvalue weighted by atomic mass is 35.5. The largest absolute Gasteiger partial charge is 0.455 e. The minimum absolute atomic E-state index is 0.664. The second kappa shape index (κ2) is 6.27. The van der Waals surface area contributed by atoms with Crippen LogP contribution in [0.4, 0.5) is 5.00 Å². The number of nitriles is 1. The zero-order valence-corrected chi connectivity index (χ0v) is 14.3. The number of rotatable bonds is 3. The summed E-state index contributed by atoms with van der Waals surface area (Å²) in [6.07, 6.45) is 4.88. The Bertz CT molecular complexity index is 960. The number of aliphatic imine (C=N–C) groups is 1. The first-order valence-electron chi connectivity index (χ1n) is 7.69. The molecule has 0 saturated heterocycles. The molecule has 3 nitrogen and oxygen atoms in total. The van der Waals surface area contributed by atoms with Crippen molar-refractivity contribution in [1.29, 1.82) is 5.26 Å². The van der Waals surface area contributed by atoms with Crippen molar-refractivity contribution in [3.8, 4) is 17.4 Å². The van der Waals surface area contributed by atoms with Gasteiger partial charge in [0.2, 0.25) is 0 Å². The monoisotopic (exact) mass is 352 g/mol. The summed E-state index contributed by atoms with van der Waals surface area (Å²) < 4.78 is 5.81. The number of thiophene rings is 1. The van der Waals surface area contributed by atoms with Crippen LogP contribution in [0.25, 0.3) is 11.3 Å². The Morgan fingerprint density at radius 2 is 2.00 bits per heavy atom. The van der Waals surface area contributed by atoms with Gasteiger partial charge in [-0.15, -0.1) is 11.3 Å². The van der Waals surface area contributed by atoms with Crippen LogP contribution in [0.5, 0.6) is 0 Å². The molecule has 0 radical (unpaired) electrons. The summed E-state index contributed by atoms with van der Waals surface area (Å²) >= 11 is 7.53. The SMILES string of the molecule is N#Cc1c(N=Cc2ccc(-c3ccc(Cl)cc3)o2)sc2c1CCC2. The van der Waals surface area contributed by atoms with Crippen molar-refractivity contribution in [2.75, 3.05) is 0 Å². The minimum Gasteiger partial charge on any atom is -0.455 e. The third kappa shape index (κ3) is 2.77. The summed E-state index contributed by atoms with van der Waals surface area (Å²) in [5, 5.41) is 10.9. The van der Waals surface area contributed by atoms with E-state index in [1.807, 2.05) is 36.4 Å². The third-order valence-corrected chi connectivity index (χ3v) is 5.53. The molecule has 0 amide bonds. The predicted octanol–water partition coefficient (Wildman–Crippen LogP) is 5.77. The molecule has 0 atom stereocenters. The van der Waals surface area contributed by atoms with Crippen molar-refractivity contribution in [3.05, 3.63) is 63.2 Å². The highest BCUT2D eigenvalue weighted by molar-refractivity contribution is 7.16. The van der Waals surface area contributed by atoms with Gasteiger partial charge in [-0.1, -0.05) is 11.6 Å². The smallest absolute Gasteiger partial charge is 0.145 e. The van der Waals surface area contributed by atoms with Crippen molar-refractivity contribution in [2.45, 2.75) is 19.3 Å². The van der Waals surface area contributed by atoms with E-state index in [9.17, 15) is 5.26 Å². The molecule has 1 aliphatic rings. The maximum absolute atomic E-state index is 9.39. The number of fused-ring (bicyclic) bond motifs is 1. The Morgan fingerprint density at radius 1 is 1.17 bits per heavy atom. The van der Waals surface area contributed by atoms with Crippen molar-refractivity contribution < 1.29 is 4.42 Å². The number of furan rings is 1. The van der Waals surface area contributed by atoms with Crippen LogP contribution in [0.15, 0.2) is 45.8 Å². The van der Waals surface area contributed by atoms with Crippen molar-refractivity contribution >= 4 is 34.2 Å². The van der Waals surface area contributed by atoms with Gasteiger partial charge in [-0.3, -0.25) is 0 Å². The molecule has 1 aliphatic carbocycles. The molecule has 1 aromatic carbocycles. The summed E-state index contributed by atoms with van der Waals surface area (Å²) in [5.74, 6) is 1.43. The van der Waals surface area contributed by atoms with Crippen molar-refractivity contribution in [3.63, 3.8) is 0 Å². The van der Waals surface area contributed by atoms with Gasteiger partial charge in [0.1, 0.15) is 22.6 Å². The number of nitrogens with zero attached hydrogens (tertiary/aromatic N) is 2. The van der Waals surface area contributed by atoms with Gasteiger partial charge in [-0.25, -0.2) is 4.99 Å². The van der Waals surface area contributed by atoms with Crippen LogP contribution in [-0.2, 0) is 12.8 Å². The average Bonchev–Trinajstić information content (AvgIpc) is 3.29. The first kappa shape index (κ1) is 15.2. The summed E-state index contributed by atoms with van der Waals surface area (Å²) in [6.45, 7) is 0. The number of hydrogen-bond donors (Lipinski definition) is 0. The van der Waals surface area contributed by atoms with Gasteiger partial charge in [-0.05, 0) is 61.2 Å². The van der Waals surface area contributed by atoms with E-state index in [4.69, 9.17) is 16.0 Å². The molecule has 0 bridgehead atoms. The van der Waals surface area contributed by atoms with Crippen molar-refractivity contribution in [1.82, 2.24) is 0 Å². The molecular weight excluding hydrogens is 340 g/mol. The molecule has 0 unspecified atom stereocenters. The van der Waals surface area contributed by atoms with Crippen LogP contribution < -0.4 is 0 Å². The summed E-state index contributed by atoms with van der Waals surface area (Å²) in [5.41, 5.74) is 2.89. The lowest BCUT2D eigenvalue weighted by Gasteiger charge is -1.96. The van der Waals surface area contributed by atoms with Crippen LogP contribution in [0.1, 0.15) is 28.2 Å². The highest BCUT2D eigenvalue weighted by Gasteiger charge is 2.21. The Kier molecular flexibility index (Phi) is 3.97. The fourth-order valence-electron chi connectivity index (χ4n) is 2.91. The molecule has 118 valence electrons. The van der Waals surface area contributed by atoms with Gasteiger partial charge in [0.25, 0.3) is 0 Å². The molecule has 2 aromatic heterocycles. The Morgan fingerprint density at radius 3 is 2.79 bits per heavy atom. The quantitative estimate of drug-likeness (QED) is 0.561. The molecule has 0 spiro atoms. The molecule has 24 heavy (non-hydrogen) atoms. The molecule has 0 N–H and O–H groups in total. The normalized spacial score (nSPS) is 13.3. The minimum atomic E-state index is 0.664. The Labute approximate surface area is 148 Å². The fraction of sp³-hybridized carbons (Fsp3) is 0.158. The lowest BCUT2D eigenvalue weighted by Crippen LogP contribution is -1.80. The molecular formula is C19H13ClN2OS. The van der Waals surface area contributed by atoms with Gasteiger partial charge in [0.05, 0.1) is 11.8 Å². The maximum atomic E-state index is 9.39. The van der Waals surface area contributed by atoms with E-state index in [2.05, 4.69) is 11.1 Å². The van der Waals surface area contributed by atoms with Gasteiger partial charge >= 0.3 is 0 Å². The molecule has 4 rings (SSSR count). The summed E-state index contributed by atoms with van der Waals surface area (Å²) in [6, 6.07) is 13.6.